The van der Waals surface area contributed by atoms with Crippen LogP contribution in [-0.4, -0.2) is 11.1 Å². The van der Waals surface area contributed by atoms with Gasteiger partial charge in [-0.3, -0.25) is 4.79 Å². The summed E-state index contributed by atoms with van der Waals surface area (Å²) in [7, 11) is 0. The maximum Gasteiger partial charge on any atom is 0.307 e. The third-order valence-corrected chi connectivity index (χ3v) is 4.50. The maximum absolute atomic E-state index is 10.6. The first-order valence-corrected chi connectivity index (χ1v) is 7.69. The second kappa shape index (κ2) is 6.43. The number of rotatable bonds is 4. The molecule has 2 aromatic rings. The Hall–Kier alpha value is -1.01. The average Bonchev–Trinajstić information content (AvgIpc) is 2.34. The summed E-state index contributed by atoms with van der Waals surface area (Å²) >= 11 is 4.00. The zero-order valence-electron chi connectivity index (χ0n) is 10.4. The summed E-state index contributed by atoms with van der Waals surface area (Å²) in [5.41, 5.74) is 2.09. The van der Waals surface area contributed by atoms with Gasteiger partial charge in [0.15, 0.2) is 0 Å². The number of carbonyl (C=O) groups is 1. The molecule has 0 aliphatic carbocycles. The predicted octanol–water partition coefficient (Wildman–Crippen LogP) is 4.38. The van der Waals surface area contributed by atoms with Crippen molar-refractivity contribution < 1.29 is 9.90 Å². The fraction of sp³-hybridized carbons (Fsp3) is 0.133. The number of hydrogen-bond acceptors (Lipinski definition) is 2. The fourth-order valence-electron chi connectivity index (χ4n) is 1.70. The number of carboxylic acids is 1. The molecule has 0 amide bonds. The summed E-state index contributed by atoms with van der Waals surface area (Å²) in [6.45, 7) is 2.10. The molecule has 0 saturated carbocycles. The lowest BCUT2D eigenvalue weighted by Crippen LogP contribution is -1.99. The second-order valence-electron chi connectivity index (χ2n) is 4.23. The monoisotopic (exact) mass is 384 g/mol. The van der Waals surface area contributed by atoms with E-state index in [9.17, 15) is 4.79 Å². The molecule has 0 aliphatic rings. The summed E-state index contributed by atoms with van der Waals surface area (Å²) in [5.74, 6) is -0.797. The normalized spacial score (nSPS) is 10.4. The minimum absolute atomic E-state index is 0.0769. The van der Waals surface area contributed by atoms with Crippen molar-refractivity contribution in [3.05, 3.63) is 57.2 Å². The van der Waals surface area contributed by atoms with Gasteiger partial charge in [-0.2, -0.15) is 0 Å². The average molecular weight is 384 g/mol. The van der Waals surface area contributed by atoms with Gasteiger partial charge in [-0.25, -0.2) is 0 Å². The van der Waals surface area contributed by atoms with E-state index in [2.05, 4.69) is 47.7 Å². The molecule has 98 valence electrons. The van der Waals surface area contributed by atoms with E-state index in [0.717, 1.165) is 10.5 Å². The molecule has 0 bridgehead atoms. The van der Waals surface area contributed by atoms with Crippen LogP contribution in [0.1, 0.15) is 11.1 Å². The van der Waals surface area contributed by atoms with Gasteiger partial charge in [-0.1, -0.05) is 23.9 Å². The Morgan fingerprint density at radius 3 is 2.47 bits per heavy atom. The van der Waals surface area contributed by atoms with Crippen LogP contribution in [0.15, 0.2) is 52.3 Å². The molecule has 2 aromatic carbocycles. The SMILES string of the molecule is Cc1cc(I)ccc1Sc1ccc(CC(=O)O)cc1. The number of aliphatic carboxylic acids is 1. The lowest BCUT2D eigenvalue weighted by atomic mass is 10.2. The van der Waals surface area contributed by atoms with Crippen molar-refractivity contribution in [1.29, 1.82) is 0 Å². The Labute approximate surface area is 130 Å². The van der Waals surface area contributed by atoms with Gasteiger partial charge in [-0.05, 0) is 71.0 Å². The summed E-state index contributed by atoms with van der Waals surface area (Å²) in [6, 6.07) is 14.1. The van der Waals surface area contributed by atoms with E-state index in [1.165, 1.54) is 14.0 Å². The van der Waals surface area contributed by atoms with Crippen LogP contribution in [0.3, 0.4) is 0 Å². The number of aryl methyl sites for hydroxylation is 1. The molecule has 4 heteroatoms. The van der Waals surface area contributed by atoms with Crippen molar-refractivity contribution in [2.75, 3.05) is 0 Å². The highest BCUT2D eigenvalue weighted by Gasteiger charge is 2.04. The highest BCUT2D eigenvalue weighted by Crippen LogP contribution is 2.31. The third kappa shape index (κ3) is 4.24. The van der Waals surface area contributed by atoms with Crippen molar-refractivity contribution in [1.82, 2.24) is 0 Å². The quantitative estimate of drug-likeness (QED) is 0.796. The van der Waals surface area contributed by atoms with Crippen LogP contribution < -0.4 is 0 Å². The molecule has 0 unspecified atom stereocenters. The van der Waals surface area contributed by atoms with E-state index < -0.39 is 5.97 Å². The first-order chi connectivity index (χ1) is 9.04. The Bertz CT molecular complexity index is 594. The van der Waals surface area contributed by atoms with Gasteiger partial charge in [-0.15, -0.1) is 0 Å². The van der Waals surface area contributed by atoms with Crippen molar-refractivity contribution in [2.45, 2.75) is 23.1 Å². The molecule has 19 heavy (non-hydrogen) atoms. The number of benzene rings is 2. The molecule has 2 rings (SSSR count). The van der Waals surface area contributed by atoms with Gasteiger partial charge in [0.1, 0.15) is 0 Å². The molecule has 0 spiro atoms. The second-order valence-corrected chi connectivity index (χ2v) is 6.59. The summed E-state index contributed by atoms with van der Waals surface area (Å²) in [5, 5.41) is 8.73. The van der Waals surface area contributed by atoms with Crippen molar-refractivity contribution in [3.8, 4) is 0 Å². The summed E-state index contributed by atoms with van der Waals surface area (Å²) in [6.07, 6.45) is 0.0769. The first kappa shape index (κ1) is 14.4. The number of halogens is 1. The van der Waals surface area contributed by atoms with Gasteiger partial charge < -0.3 is 5.11 Å². The van der Waals surface area contributed by atoms with Crippen LogP contribution >= 0.6 is 34.4 Å². The highest BCUT2D eigenvalue weighted by molar-refractivity contribution is 14.1. The molecule has 0 atom stereocenters. The van der Waals surface area contributed by atoms with Crippen LogP contribution in [-0.2, 0) is 11.2 Å². The van der Waals surface area contributed by atoms with Crippen molar-refractivity contribution >= 4 is 40.3 Å². The molecule has 2 nitrogen and oxygen atoms in total. The molecule has 0 heterocycles. The van der Waals surface area contributed by atoms with Gasteiger partial charge in [0.25, 0.3) is 0 Å². The van der Waals surface area contributed by atoms with Gasteiger partial charge >= 0.3 is 5.97 Å². The molecular weight excluding hydrogens is 371 g/mol. The van der Waals surface area contributed by atoms with Crippen LogP contribution in [0.2, 0.25) is 0 Å². The smallest absolute Gasteiger partial charge is 0.307 e. The van der Waals surface area contributed by atoms with Crippen molar-refractivity contribution in [3.63, 3.8) is 0 Å². The Kier molecular flexibility index (Phi) is 4.87. The number of hydrogen-bond donors (Lipinski definition) is 1. The summed E-state index contributed by atoms with van der Waals surface area (Å²) in [4.78, 5) is 13.0. The van der Waals surface area contributed by atoms with E-state index in [0.29, 0.717) is 0 Å². The Morgan fingerprint density at radius 1 is 1.21 bits per heavy atom. The standard InChI is InChI=1S/C15H13IO2S/c1-10-8-12(16)4-7-14(10)19-13-5-2-11(3-6-13)9-15(17)18/h2-8H,9H2,1H3,(H,17,18). The molecule has 1 N–H and O–H groups in total. The molecular formula is C15H13IO2S. The van der Waals surface area contributed by atoms with E-state index in [1.807, 2.05) is 24.3 Å². The molecule has 0 saturated heterocycles. The molecule has 0 aromatic heterocycles. The topological polar surface area (TPSA) is 37.3 Å². The molecule has 0 fully saturated rings. The molecule has 0 aliphatic heterocycles. The van der Waals surface area contributed by atoms with Gasteiger partial charge in [0, 0.05) is 13.4 Å². The zero-order chi connectivity index (χ0) is 13.8. The van der Waals surface area contributed by atoms with Crippen LogP contribution in [0.25, 0.3) is 0 Å². The fourth-order valence-corrected chi connectivity index (χ4v) is 3.23. The van der Waals surface area contributed by atoms with E-state index in [4.69, 9.17) is 5.11 Å². The maximum atomic E-state index is 10.6. The lowest BCUT2D eigenvalue weighted by molar-refractivity contribution is -0.136. The minimum atomic E-state index is -0.797. The largest absolute Gasteiger partial charge is 0.481 e. The van der Waals surface area contributed by atoms with E-state index >= 15 is 0 Å². The van der Waals surface area contributed by atoms with Crippen LogP contribution in [0.4, 0.5) is 0 Å². The van der Waals surface area contributed by atoms with Gasteiger partial charge in [0.2, 0.25) is 0 Å². The zero-order valence-corrected chi connectivity index (χ0v) is 13.4. The molecule has 0 radical (unpaired) electrons. The minimum Gasteiger partial charge on any atom is -0.481 e. The Balaban J connectivity index is 2.13. The predicted molar refractivity (Wildman–Crippen MR) is 85.8 cm³/mol. The first-order valence-electron chi connectivity index (χ1n) is 5.79. The van der Waals surface area contributed by atoms with Crippen molar-refractivity contribution in [2.24, 2.45) is 0 Å². The number of carboxylic acid groups (broad SMARTS) is 1. The van der Waals surface area contributed by atoms with E-state index in [-0.39, 0.29) is 6.42 Å². The third-order valence-electron chi connectivity index (χ3n) is 2.64. The van der Waals surface area contributed by atoms with Crippen LogP contribution in [0.5, 0.6) is 0 Å². The Morgan fingerprint density at radius 2 is 1.89 bits per heavy atom. The summed E-state index contributed by atoms with van der Waals surface area (Å²) < 4.78 is 1.23. The van der Waals surface area contributed by atoms with Gasteiger partial charge in [0.05, 0.1) is 6.42 Å². The van der Waals surface area contributed by atoms with E-state index in [1.54, 1.807) is 11.8 Å². The highest BCUT2D eigenvalue weighted by atomic mass is 127. The van der Waals surface area contributed by atoms with Crippen LogP contribution in [0, 0.1) is 10.5 Å². The lowest BCUT2D eigenvalue weighted by Gasteiger charge is -2.06.